The van der Waals surface area contributed by atoms with Gasteiger partial charge in [0.1, 0.15) is 11.6 Å². The molecule has 0 aromatic heterocycles. The summed E-state index contributed by atoms with van der Waals surface area (Å²) >= 11 is 0. The number of halogens is 2. The molecule has 1 atom stereocenters. The Morgan fingerprint density at radius 1 is 1.47 bits per heavy atom. The summed E-state index contributed by atoms with van der Waals surface area (Å²) in [5.41, 5.74) is -0.123. The molecule has 94 valence electrons. The third-order valence-electron chi connectivity index (χ3n) is 2.66. The van der Waals surface area contributed by atoms with Crippen LogP contribution >= 0.6 is 0 Å². The monoisotopic (exact) mass is 243 g/mol. The van der Waals surface area contributed by atoms with E-state index in [1.54, 1.807) is 6.92 Å². The summed E-state index contributed by atoms with van der Waals surface area (Å²) in [6.07, 6.45) is 0.441. The third kappa shape index (κ3) is 3.00. The van der Waals surface area contributed by atoms with Gasteiger partial charge in [0.2, 0.25) is 5.91 Å². The second kappa shape index (κ2) is 5.72. The number of hydrogen-bond donors (Lipinski definition) is 1. The standard InChI is InChI=1S/C12H15F2NO2/c1-3-8(7-16)12(17)15(2)11-6-9(13)4-5-10(11)14/h4-6,8,16H,3,7H2,1-2H3. The van der Waals surface area contributed by atoms with Gasteiger partial charge in [-0.25, -0.2) is 8.78 Å². The predicted molar refractivity (Wildman–Crippen MR) is 60.6 cm³/mol. The molecule has 17 heavy (non-hydrogen) atoms. The van der Waals surface area contributed by atoms with Gasteiger partial charge >= 0.3 is 0 Å². The van der Waals surface area contributed by atoms with Crippen LogP contribution in [0.1, 0.15) is 13.3 Å². The van der Waals surface area contributed by atoms with Gasteiger partial charge in [0.05, 0.1) is 18.2 Å². The van der Waals surface area contributed by atoms with Gasteiger partial charge in [-0.05, 0) is 18.6 Å². The summed E-state index contributed by atoms with van der Waals surface area (Å²) in [7, 11) is 1.36. The number of amides is 1. The molecule has 1 unspecified atom stereocenters. The minimum atomic E-state index is -0.671. The van der Waals surface area contributed by atoms with E-state index in [4.69, 9.17) is 5.11 Å². The molecule has 0 aliphatic heterocycles. The second-order valence-corrected chi connectivity index (χ2v) is 3.78. The highest BCUT2D eigenvalue weighted by Gasteiger charge is 2.22. The number of carbonyl (C=O) groups is 1. The van der Waals surface area contributed by atoms with Crippen molar-refractivity contribution in [1.29, 1.82) is 0 Å². The molecule has 0 saturated heterocycles. The average Bonchev–Trinajstić information content (AvgIpc) is 2.32. The molecule has 1 aromatic carbocycles. The fourth-order valence-electron chi connectivity index (χ4n) is 1.52. The van der Waals surface area contributed by atoms with Gasteiger partial charge in [-0.2, -0.15) is 0 Å². The van der Waals surface area contributed by atoms with Crippen molar-refractivity contribution in [2.75, 3.05) is 18.6 Å². The van der Waals surface area contributed by atoms with Gasteiger partial charge in [0.15, 0.2) is 0 Å². The Hall–Kier alpha value is -1.49. The number of anilines is 1. The first-order valence-electron chi connectivity index (χ1n) is 5.34. The van der Waals surface area contributed by atoms with E-state index in [-0.39, 0.29) is 12.3 Å². The molecule has 0 aliphatic rings. The molecule has 5 heteroatoms. The summed E-state index contributed by atoms with van der Waals surface area (Å²) in [4.78, 5) is 12.9. The van der Waals surface area contributed by atoms with Gasteiger partial charge in [0.25, 0.3) is 0 Å². The normalized spacial score (nSPS) is 12.3. The Morgan fingerprint density at radius 3 is 2.65 bits per heavy atom. The molecule has 3 nitrogen and oxygen atoms in total. The van der Waals surface area contributed by atoms with E-state index in [1.807, 2.05) is 0 Å². The first kappa shape index (κ1) is 13.6. The molecule has 0 spiro atoms. The largest absolute Gasteiger partial charge is 0.396 e. The number of aliphatic hydroxyl groups is 1. The van der Waals surface area contributed by atoms with E-state index in [1.165, 1.54) is 7.05 Å². The molecule has 1 aromatic rings. The smallest absolute Gasteiger partial charge is 0.232 e. The third-order valence-corrected chi connectivity index (χ3v) is 2.66. The lowest BCUT2D eigenvalue weighted by Gasteiger charge is -2.22. The minimum Gasteiger partial charge on any atom is -0.396 e. The van der Waals surface area contributed by atoms with Gasteiger partial charge in [-0.1, -0.05) is 6.92 Å². The zero-order chi connectivity index (χ0) is 13.0. The van der Waals surface area contributed by atoms with Crippen LogP contribution in [0, 0.1) is 17.6 Å². The summed E-state index contributed by atoms with van der Waals surface area (Å²) < 4.78 is 26.4. The van der Waals surface area contributed by atoms with Crippen LogP contribution in [0.25, 0.3) is 0 Å². The van der Waals surface area contributed by atoms with Crippen LogP contribution in [-0.2, 0) is 4.79 Å². The number of aliphatic hydroxyl groups excluding tert-OH is 1. The maximum atomic E-state index is 13.4. The lowest BCUT2D eigenvalue weighted by Crippen LogP contribution is -2.35. The van der Waals surface area contributed by atoms with Crippen molar-refractivity contribution in [3.8, 4) is 0 Å². The average molecular weight is 243 g/mol. The topological polar surface area (TPSA) is 40.5 Å². The zero-order valence-electron chi connectivity index (χ0n) is 9.78. The molecular weight excluding hydrogens is 228 g/mol. The molecule has 0 bridgehead atoms. The van der Waals surface area contributed by atoms with Gasteiger partial charge < -0.3 is 10.0 Å². The van der Waals surface area contributed by atoms with E-state index in [2.05, 4.69) is 0 Å². The van der Waals surface area contributed by atoms with Gasteiger partial charge in [0, 0.05) is 13.1 Å². The van der Waals surface area contributed by atoms with Gasteiger partial charge in [-0.15, -0.1) is 0 Å². The Labute approximate surface area is 98.7 Å². The Kier molecular flexibility index (Phi) is 4.57. The molecular formula is C12H15F2NO2. The molecule has 1 N–H and O–H groups in total. The predicted octanol–water partition coefficient (Wildman–Crippen LogP) is 1.95. The number of carbonyl (C=O) groups excluding carboxylic acids is 1. The second-order valence-electron chi connectivity index (χ2n) is 3.78. The van der Waals surface area contributed by atoms with Crippen LogP contribution in [0.5, 0.6) is 0 Å². The summed E-state index contributed by atoms with van der Waals surface area (Å²) in [5, 5.41) is 9.00. The minimum absolute atomic E-state index is 0.123. The van der Waals surface area contributed by atoms with Crippen molar-refractivity contribution < 1.29 is 18.7 Å². The molecule has 1 amide bonds. The molecule has 0 fully saturated rings. The maximum absolute atomic E-state index is 13.4. The zero-order valence-corrected chi connectivity index (χ0v) is 9.78. The van der Waals surface area contributed by atoms with Crippen molar-refractivity contribution >= 4 is 11.6 Å². The highest BCUT2D eigenvalue weighted by Crippen LogP contribution is 2.21. The number of benzene rings is 1. The molecule has 0 aliphatic carbocycles. The quantitative estimate of drug-likeness (QED) is 0.878. The highest BCUT2D eigenvalue weighted by atomic mass is 19.1. The van der Waals surface area contributed by atoms with Crippen molar-refractivity contribution in [3.05, 3.63) is 29.8 Å². The van der Waals surface area contributed by atoms with E-state index >= 15 is 0 Å². The molecule has 0 heterocycles. The fourth-order valence-corrected chi connectivity index (χ4v) is 1.52. The van der Waals surface area contributed by atoms with E-state index in [9.17, 15) is 13.6 Å². The molecule has 0 radical (unpaired) electrons. The number of rotatable bonds is 4. The fraction of sp³-hybridized carbons (Fsp3) is 0.417. The summed E-state index contributed by atoms with van der Waals surface area (Å²) in [6.45, 7) is 1.44. The lowest BCUT2D eigenvalue weighted by atomic mass is 10.1. The van der Waals surface area contributed by atoms with E-state index in [0.717, 1.165) is 23.1 Å². The first-order valence-corrected chi connectivity index (χ1v) is 5.34. The first-order chi connectivity index (χ1) is 8.01. The molecule has 0 saturated carbocycles. The Bertz CT molecular complexity index is 405. The Morgan fingerprint density at radius 2 is 2.12 bits per heavy atom. The Balaban J connectivity index is 2.99. The van der Waals surface area contributed by atoms with E-state index < -0.39 is 23.5 Å². The van der Waals surface area contributed by atoms with Crippen molar-refractivity contribution in [3.63, 3.8) is 0 Å². The van der Waals surface area contributed by atoms with Gasteiger partial charge in [-0.3, -0.25) is 4.79 Å². The molecule has 1 rings (SSSR count). The van der Waals surface area contributed by atoms with Crippen LogP contribution in [-0.4, -0.2) is 24.7 Å². The number of nitrogens with zero attached hydrogens (tertiary/aromatic N) is 1. The van der Waals surface area contributed by atoms with Crippen molar-refractivity contribution in [2.24, 2.45) is 5.92 Å². The summed E-state index contributed by atoms with van der Waals surface area (Å²) in [6, 6.07) is 2.91. The van der Waals surface area contributed by atoms with Crippen molar-refractivity contribution in [1.82, 2.24) is 0 Å². The van der Waals surface area contributed by atoms with Crippen molar-refractivity contribution in [2.45, 2.75) is 13.3 Å². The van der Waals surface area contributed by atoms with E-state index in [0.29, 0.717) is 6.42 Å². The van der Waals surface area contributed by atoms with Crippen LogP contribution in [0.15, 0.2) is 18.2 Å². The SMILES string of the molecule is CCC(CO)C(=O)N(C)c1cc(F)ccc1F. The highest BCUT2D eigenvalue weighted by molar-refractivity contribution is 5.94. The van der Waals surface area contributed by atoms with Crippen LogP contribution in [0.4, 0.5) is 14.5 Å². The summed E-state index contributed by atoms with van der Waals surface area (Å²) in [5.74, 6) is -2.31. The number of hydrogen-bond acceptors (Lipinski definition) is 2. The van der Waals surface area contributed by atoms with Crippen LogP contribution in [0.2, 0.25) is 0 Å². The maximum Gasteiger partial charge on any atom is 0.232 e. The van der Waals surface area contributed by atoms with Crippen LogP contribution < -0.4 is 4.90 Å². The lowest BCUT2D eigenvalue weighted by molar-refractivity contribution is -0.123. The van der Waals surface area contributed by atoms with Crippen LogP contribution in [0.3, 0.4) is 0 Å².